The number of nitrogens with one attached hydrogen (secondary N) is 1. The van der Waals surface area contributed by atoms with Crippen LogP contribution in [0.1, 0.15) is 10.6 Å². The summed E-state index contributed by atoms with van der Waals surface area (Å²) in [5, 5.41) is 7.40. The van der Waals surface area contributed by atoms with Crippen LogP contribution in [0.15, 0.2) is 30.5 Å². The number of aromatic nitrogens is 3. The van der Waals surface area contributed by atoms with Gasteiger partial charge in [0.15, 0.2) is 5.13 Å². The van der Waals surface area contributed by atoms with Crippen LogP contribution in [-0.2, 0) is 24.4 Å². The Kier molecular flexibility index (Phi) is 3.80. The molecular weight excluding hydrogens is 329 g/mol. The highest BCUT2D eigenvalue weighted by atomic mass is 32.1. The molecule has 0 radical (unpaired) electrons. The summed E-state index contributed by atoms with van der Waals surface area (Å²) >= 11 is 0.394. The van der Waals surface area contributed by atoms with Gasteiger partial charge in [-0.3, -0.25) is 9.48 Å². The third-order valence-corrected chi connectivity index (χ3v) is 4.15. The van der Waals surface area contributed by atoms with Crippen LogP contribution in [0.2, 0.25) is 0 Å². The Morgan fingerprint density at radius 2 is 2.09 bits per heavy atom. The lowest BCUT2D eigenvalue weighted by molar-refractivity contribution is -0.134. The Balaban J connectivity index is 1.75. The summed E-state index contributed by atoms with van der Waals surface area (Å²) < 4.78 is 39.2. The first-order valence-corrected chi connectivity index (χ1v) is 7.40. The SMILES string of the molecule is Cn1nc(CC(=O)Nc2ncc(C(F)(F)F)s2)c2ccccc21. The number of para-hydroxylation sites is 1. The van der Waals surface area contributed by atoms with Crippen molar-refractivity contribution in [3.05, 3.63) is 41.0 Å². The summed E-state index contributed by atoms with van der Waals surface area (Å²) in [5.74, 6) is -0.461. The minimum atomic E-state index is -4.46. The third kappa shape index (κ3) is 3.19. The number of carbonyl (C=O) groups excluding carboxylic acids is 1. The van der Waals surface area contributed by atoms with Crippen molar-refractivity contribution in [2.75, 3.05) is 5.32 Å². The quantitative estimate of drug-likeness (QED) is 0.796. The number of aryl methyl sites for hydroxylation is 1. The summed E-state index contributed by atoms with van der Waals surface area (Å²) in [4.78, 5) is 14.7. The number of carbonyl (C=O) groups is 1. The first-order chi connectivity index (χ1) is 10.8. The second-order valence-corrected chi connectivity index (χ2v) is 5.87. The van der Waals surface area contributed by atoms with Crippen molar-refractivity contribution in [2.45, 2.75) is 12.6 Å². The lowest BCUT2D eigenvalue weighted by Crippen LogP contribution is -2.14. The molecule has 1 aromatic carbocycles. The number of hydrogen-bond donors (Lipinski definition) is 1. The molecule has 0 bridgehead atoms. The summed E-state index contributed by atoms with van der Waals surface area (Å²) in [7, 11) is 1.76. The topological polar surface area (TPSA) is 59.8 Å². The fourth-order valence-electron chi connectivity index (χ4n) is 2.20. The lowest BCUT2D eigenvalue weighted by Gasteiger charge is -2.01. The van der Waals surface area contributed by atoms with Gasteiger partial charge in [-0.1, -0.05) is 29.5 Å². The molecule has 0 fully saturated rings. The molecule has 120 valence electrons. The molecule has 0 spiro atoms. The van der Waals surface area contributed by atoms with Gasteiger partial charge in [-0.2, -0.15) is 18.3 Å². The molecule has 0 saturated heterocycles. The predicted molar refractivity (Wildman–Crippen MR) is 80.2 cm³/mol. The van der Waals surface area contributed by atoms with Crippen LogP contribution in [-0.4, -0.2) is 20.7 Å². The maximum atomic E-state index is 12.5. The van der Waals surface area contributed by atoms with Gasteiger partial charge >= 0.3 is 6.18 Å². The highest BCUT2D eigenvalue weighted by molar-refractivity contribution is 7.15. The Morgan fingerprint density at radius 3 is 2.78 bits per heavy atom. The molecule has 1 amide bonds. The van der Waals surface area contributed by atoms with Crippen LogP contribution in [0.4, 0.5) is 18.3 Å². The second kappa shape index (κ2) is 5.65. The van der Waals surface area contributed by atoms with E-state index >= 15 is 0 Å². The zero-order valence-corrected chi connectivity index (χ0v) is 12.7. The van der Waals surface area contributed by atoms with Gasteiger partial charge in [0.05, 0.1) is 23.8 Å². The van der Waals surface area contributed by atoms with Gasteiger partial charge in [0, 0.05) is 12.4 Å². The van der Waals surface area contributed by atoms with Gasteiger partial charge in [-0.25, -0.2) is 4.98 Å². The number of rotatable bonds is 3. The first-order valence-electron chi connectivity index (χ1n) is 6.58. The van der Waals surface area contributed by atoms with Gasteiger partial charge in [0.25, 0.3) is 0 Å². The van der Waals surface area contributed by atoms with Gasteiger partial charge in [0.1, 0.15) is 4.88 Å². The van der Waals surface area contributed by atoms with Crippen LogP contribution in [0, 0.1) is 0 Å². The number of anilines is 1. The van der Waals surface area contributed by atoms with Crippen molar-refractivity contribution >= 4 is 33.3 Å². The standard InChI is InChI=1S/C14H11F3N4OS/c1-21-10-5-3-2-4-8(10)9(20-21)6-12(22)19-13-18-7-11(23-13)14(15,16)17/h2-5,7H,6H2,1H3,(H,18,19,22). The molecule has 9 heteroatoms. The minimum absolute atomic E-state index is 0.0394. The van der Waals surface area contributed by atoms with Gasteiger partial charge in [0.2, 0.25) is 5.91 Å². The molecule has 2 heterocycles. The predicted octanol–water partition coefficient (Wildman–Crippen LogP) is 3.23. The summed E-state index contributed by atoms with van der Waals surface area (Å²) in [6, 6.07) is 7.42. The number of thiazole rings is 1. The number of alkyl halides is 3. The van der Waals surface area contributed by atoms with E-state index in [9.17, 15) is 18.0 Å². The molecule has 0 aliphatic heterocycles. The molecule has 0 aliphatic carbocycles. The van der Waals surface area contributed by atoms with E-state index in [0.29, 0.717) is 23.2 Å². The Labute approximate surface area is 132 Å². The van der Waals surface area contributed by atoms with Crippen molar-refractivity contribution in [3.8, 4) is 0 Å². The number of hydrogen-bond acceptors (Lipinski definition) is 4. The highest BCUT2D eigenvalue weighted by Gasteiger charge is 2.33. The monoisotopic (exact) mass is 340 g/mol. The Morgan fingerprint density at radius 1 is 1.35 bits per heavy atom. The molecule has 2 aromatic heterocycles. The van der Waals surface area contributed by atoms with Gasteiger partial charge in [-0.05, 0) is 6.07 Å². The van der Waals surface area contributed by atoms with Crippen LogP contribution in [0.5, 0.6) is 0 Å². The molecule has 0 aliphatic rings. The molecule has 5 nitrogen and oxygen atoms in total. The second-order valence-electron chi connectivity index (χ2n) is 4.84. The van der Waals surface area contributed by atoms with Crippen LogP contribution in [0.3, 0.4) is 0 Å². The zero-order valence-electron chi connectivity index (χ0n) is 11.9. The van der Waals surface area contributed by atoms with Crippen molar-refractivity contribution in [1.29, 1.82) is 0 Å². The van der Waals surface area contributed by atoms with E-state index in [1.54, 1.807) is 11.7 Å². The Bertz CT molecular complexity index is 868. The zero-order chi connectivity index (χ0) is 16.6. The maximum Gasteiger partial charge on any atom is 0.427 e. The molecule has 23 heavy (non-hydrogen) atoms. The van der Waals surface area contributed by atoms with Crippen LogP contribution >= 0.6 is 11.3 Å². The molecule has 3 rings (SSSR count). The maximum absolute atomic E-state index is 12.5. The molecule has 1 N–H and O–H groups in total. The average molecular weight is 340 g/mol. The number of nitrogens with zero attached hydrogens (tertiary/aromatic N) is 3. The number of fused-ring (bicyclic) bond motifs is 1. The van der Waals surface area contributed by atoms with E-state index in [-0.39, 0.29) is 11.6 Å². The molecule has 0 atom stereocenters. The summed E-state index contributed by atoms with van der Waals surface area (Å²) in [6.45, 7) is 0. The summed E-state index contributed by atoms with van der Waals surface area (Å²) in [6.07, 6.45) is -3.80. The molecule has 3 aromatic rings. The fourth-order valence-corrected chi connectivity index (χ4v) is 2.90. The van der Waals surface area contributed by atoms with E-state index < -0.39 is 17.0 Å². The largest absolute Gasteiger partial charge is 0.427 e. The van der Waals surface area contributed by atoms with Crippen molar-refractivity contribution < 1.29 is 18.0 Å². The minimum Gasteiger partial charge on any atom is -0.302 e. The van der Waals surface area contributed by atoms with Gasteiger partial charge < -0.3 is 5.32 Å². The van der Waals surface area contributed by atoms with E-state index in [1.807, 2.05) is 24.3 Å². The summed E-state index contributed by atoms with van der Waals surface area (Å²) in [5.41, 5.74) is 1.44. The van der Waals surface area contributed by atoms with Gasteiger partial charge in [-0.15, -0.1) is 0 Å². The van der Waals surface area contributed by atoms with E-state index in [0.717, 1.165) is 10.9 Å². The molecular formula is C14H11F3N4OS. The highest BCUT2D eigenvalue weighted by Crippen LogP contribution is 2.35. The number of benzene rings is 1. The van der Waals surface area contributed by atoms with Crippen molar-refractivity contribution in [3.63, 3.8) is 0 Å². The number of halogens is 3. The van der Waals surface area contributed by atoms with Crippen LogP contribution in [0.25, 0.3) is 10.9 Å². The molecule has 0 unspecified atom stereocenters. The molecule has 0 saturated carbocycles. The number of amides is 1. The Hall–Kier alpha value is -2.42. The fraction of sp³-hybridized carbons (Fsp3) is 0.214. The normalized spacial score (nSPS) is 11.8. The lowest BCUT2D eigenvalue weighted by atomic mass is 10.1. The van der Waals surface area contributed by atoms with Crippen molar-refractivity contribution in [1.82, 2.24) is 14.8 Å². The smallest absolute Gasteiger partial charge is 0.302 e. The average Bonchev–Trinajstić information content (AvgIpc) is 3.05. The van der Waals surface area contributed by atoms with Crippen LogP contribution < -0.4 is 5.32 Å². The van der Waals surface area contributed by atoms with E-state index in [2.05, 4.69) is 15.4 Å². The first kappa shape index (κ1) is 15.5. The third-order valence-electron chi connectivity index (χ3n) is 3.19. The van der Waals surface area contributed by atoms with E-state index in [1.165, 1.54) is 0 Å². The van der Waals surface area contributed by atoms with Crippen molar-refractivity contribution in [2.24, 2.45) is 7.05 Å². The van der Waals surface area contributed by atoms with E-state index in [4.69, 9.17) is 0 Å².